The Morgan fingerprint density at radius 1 is 1.14 bits per heavy atom. The Labute approximate surface area is 132 Å². The SMILES string of the molecule is Cc1ccc(C(=O)Nc2nc(C)c(-c3cccnc3)s2)cc1. The Bertz CT molecular complexity index is 795. The predicted molar refractivity (Wildman–Crippen MR) is 89.2 cm³/mol. The maximum absolute atomic E-state index is 12.2. The fourth-order valence-corrected chi connectivity index (χ4v) is 3.04. The highest BCUT2D eigenvalue weighted by Crippen LogP contribution is 2.32. The van der Waals surface area contributed by atoms with Gasteiger partial charge in [-0.25, -0.2) is 4.98 Å². The summed E-state index contributed by atoms with van der Waals surface area (Å²) in [5, 5.41) is 3.46. The smallest absolute Gasteiger partial charge is 0.257 e. The Hall–Kier alpha value is -2.53. The average molecular weight is 309 g/mol. The van der Waals surface area contributed by atoms with Gasteiger partial charge in [-0.1, -0.05) is 35.1 Å². The third kappa shape index (κ3) is 3.04. The number of benzene rings is 1. The summed E-state index contributed by atoms with van der Waals surface area (Å²) in [5.74, 6) is -0.147. The third-order valence-electron chi connectivity index (χ3n) is 3.25. The van der Waals surface area contributed by atoms with Crippen LogP contribution in [0.2, 0.25) is 0 Å². The zero-order chi connectivity index (χ0) is 15.5. The molecule has 2 aromatic heterocycles. The van der Waals surface area contributed by atoms with Crippen LogP contribution in [0.25, 0.3) is 10.4 Å². The highest BCUT2D eigenvalue weighted by molar-refractivity contribution is 7.19. The largest absolute Gasteiger partial charge is 0.298 e. The number of anilines is 1. The monoisotopic (exact) mass is 309 g/mol. The van der Waals surface area contributed by atoms with Crippen LogP contribution < -0.4 is 5.32 Å². The summed E-state index contributed by atoms with van der Waals surface area (Å²) in [6.45, 7) is 3.92. The molecular formula is C17H15N3OS. The minimum absolute atomic E-state index is 0.147. The summed E-state index contributed by atoms with van der Waals surface area (Å²) in [6, 6.07) is 11.3. The number of hydrogen-bond acceptors (Lipinski definition) is 4. The van der Waals surface area contributed by atoms with Crippen molar-refractivity contribution in [1.29, 1.82) is 0 Å². The molecule has 0 spiro atoms. The minimum atomic E-state index is -0.147. The van der Waals surface area contributed by atoms with Gasteiger partial charge in [-0.15, -0.1) is 0 Å². The number of carbonyl (C=O) groups is 1. The maximum Gasteiger partial charge on any atom is 0.257 e. The summed E-state index contributed by atoms with van der Waals surface area (Å²) in [5.41, 5.74) is 3.65. The number of pyridine rings is 1. The van der Waals surface area contributed by atoms with Gasteiger partial charge in [-0.2, -0.15) is 0 Å². The van der Waals surface area contributed by atoms with E-state index >= 15 is 0 Å². The molecule has 0 aliphatic carbocycles. The van der Waals surface area contributed by atoms with E-state index in [9.17, 15) is 4.79 Å². The van der Waals surface area contributed by atoms with Crippen molar-refractivity contribution in [2.45, 2.75) is 13.8 Å². The Balaban J connectivity index is 1.82. The zero-order valence-corrected chi connectivity index (χ0v) is 13.1. The van der Waals surface area contributed by atoms with Crippen LogP contribution >= 0.6 is 11.3 Å². The van der Waals surface area contributed by atoms with Crippen LogP contribution in [0.4, 0.5) is 5.13 Å². The van der Waals surface area contributed by atoms with Crippen LogP contribution in [-0.2, 0) is 0 Å². The van der Waals surface area contributed by atoms with Crippen LogP contribution in [0, 0.1) is 13.8 Å². The zero-order valence-electron chi connectivity index (χ0n) is 12.3. The fraction of sp³-hybridized carbons (Fsp3) is 0.118. The molecule has 3 aromatic rings. The van der Waals surface area contributed by atoms with Crippen molar-refractivity contribution < 1.29 is 4.79 Å². The van der Waals surface area contributed by atoms with E-state index in [1.807, 2.05) is 50.2 Å². The van der Waals surface area contributed by atoms with Crippen molar-refractivity contribution in [3.8, 4) is 10.4 Å². The topological polar surface area (TPSA) is 54.9 Å². The standard InChI is InChI=1S/C17H15N3OS/c1-11-5-7-13(8-6-11)16(21)20-17-19-12(2)15(22-17)14-4-3-9-18-10-14/h3-10H,1-2H3,(H,19,20,21). The molecule has 0 atom stereocenters. The fourth-order valence-electron chi connectivity index (χ4n) is 2.09. The van der Waals surface area contributed by atoms with E-state index in [0.29, 0.717) is 10.7 Å². The molecule has 2 heterocycles. The first-order valence-corrected chi connectivity index (χ1v) is 7.71. The van der Waals surface area contributed by atoms with Crippen molar-refractivity contribution in [3.63, 3.8) is 0 Å². The molecule has 3 rings (SSSR count). The third-order valence-corrected chi connectivity index (χ3v) is 4.38. The van der Waals surface area contributed by atoms with Crippen molar-refractivity contribution >= 4 is 22.4 Å². The van der Waals surface area contributed by atoms with Gasteiger partial charge in [0.25, 0.3) is 5.91 Å². The van der Waals surface area contributed by atoms with Crippen molar-refractivity contribution in [2.75, 3.05) is 5.32 Å². The van der Waals surface area contributed by atoms with E-state index in [1.165, 1.54) is 11.3 Å². The first kappa shape index (κ1) is 14.4. The molecule has 0 radical (unpaired) electrons. The van der Waals surface area contributed by atoms with Crippen LogP contribution in [-0.4, -0.2) is 15.9 Å². The number of nitrogens with one attached hydrogen (secondary N) is 1. The molecule has 4 nitrogen and oxygen atoms in total. The average Bonchev–Trinajstić information content (AvgIpc) is 2.89. The molecule has 0 aliphatic heterocycles. The normalized spacial score (nSPS) is 10.5. The van der Waals surface area contributed by atoms with E-state index < -0.39 is 0 Å². The highest BCUT2D eigenvalue weighted by atomic mass is 32.1. The van der Waals surface area contributed by atoms with E-state index in [0.717, 1.165) is 21.7 Å². The molecule has 22 heavy (non-hydrogen) atoms. The molecule has 1 N–H and O–H groups in total. The van der Waals surface area contributed by atoms with Crippen LogP contribution in [0.3, 0.4) is 0 Å². The summed E-state index contributed by atoms with van der Waals surface area (Å²) in [7, 11) is 0. The number of hydrogen-bond donors (Lipinski definition) is 1. The molecule has 1 aromatic carbocycles. The van der Waals surface area contributed by atoms with Crippen LogP contribution in [0.1, 0.15) is 21.6 Å². The summed E-state index contributed by atoms with van der Waals surface area (Å²) in [4.78, 5) is 21.8. The lowest BCUT2D eigenvalue weighted by Gasteiger charge is -2.01. The van der Waals surface area contributed by atoms with Gasteiger partial charge >= 0.3 is 0 Å². The van der Waals surface area contributed by atoms with Gasteiger partial charge in [0.15, 0.2) is 5.13 Å². The number of carbonyl (C=O) groups excluding carboxylic acids is 1. The van der Waals surface area contributed by atoms with E-state index in [4.69, 9.17) is 0 Å². The van der Waals surface area contributed by atoms with Gasteiger partial charge in [0.05, 0.1) is 10.6 Å². The molecule has 0 bridgehead atoms. The van der Waals surface area contributed by atoms with Gasteiger partial charge in [0, 0.05) is 23.5 Å². The van der Waals surface area contributed by atoms with Gasteiger partial charge in [-0.05, 0) is 32.0 Å². The second-order valence-electron chi connectivity index (χ2n) is 5.00. The first-order chi connectivity index (χ1) is 10.6. The molecule has 1 amide bonds. The van der Waals surface area contributed by atoms with Crippen LogP contribution in [0.5, 0.6) is 0 Å². The second-order valence-corrected chi connectivity index (χ2v) is 5.99. The quantitative estimate of drug-likeness (QED) is 0.793. The lowest BCUT2D eigenvalue weighted by atomic mass is 10.1. The summed E-state index contributed by atoms with van der Waals surface area (Å²) < 4.78 is 0. The summed E-state index contributed by atoms with van der Waals surface area (Å²) in [6.07, 6.45) is 3.53. The van der Waals surface area contributed by atoms with Gasteiger partial charge in [-0.3, -0.25) is 15.1 Å². The lowest BCUT2D eigenvalue weighted by Crippen LogP contribution is -2.11. The van der Waals surface area contributed by atoms with Crippen molar-refractivity contribution in [3.05, 3.63) is 65.6 Å². The number of amides is 1. The molecule has 0 fully saturated rings. The molecule has 0 unspecified atom stereocenters. The Morgan fingerprint density at radius 3 is 2.59 bits per heavy atom. The number of nitrogens with zero attached hydrogens (tertiary/aromatic N) is 2. The lowest BCUT2D eigenvalue weighted by molar-refractivity contribution is 0.102. The summed E-state index contributed by atoms with van der Waals surface area (Å²) >= 11 is 1.46. The number of rotatable bonds is 3. The predicted octanol–water partition coefficient (Wildman–Crippen LogP) is 4.07. The van der Waals surface area contributed by atoms with Crippen molar-refractivity contribution in [1.82, 2.24) is 9.97 Å². The first-order valence-electron chi connectivity index (χ1n) is 6.89. The highest BCUT2D eigenvalue weighted by Gasteiger charge is 2.13. The van der Waals surface area contributed by atoms with E-state index in [1.54, 1.807) is 12.4 Å². The molecule has 0 saturated heterocycles. The van der Waals surface area contributed by atoms with Crippen LogP contribution in [0.15, 0.2) is 48.8 Å². The second kappa shape index (κ2) is 6.07. The number of thiazole rings is 1. The van der Waals surface area contributed by atoms with Crippen molar-refractivity contribution in [2.24, 2.45) is 0 Å². The minimum Gasteiger partial charge on any atom is -0.298 e. The molecule has 110 valence electrons. The number of aromatic nitrogens is 2. The van der Waals surface area contributed by atoms with Gasteiger partial charge in [0.2, 0.25) is 0 Å². The van der Waals surface area contributed by atoms with E-state index in [2.05, 4.69) is 15.3 Å². The molecular weight excluding hydrogens is 294 g/mol. The maximum atomic E-state index is 12.2. The molecule has 0 aliphatic rings. The Kier molecular flexibility index (Phi) is 3.98. The molecule has 5 heteroatoms. The van der Waals surface area contributed by atoms with E-state index in [-0.39, 0.29) is 5.91 Å². The number of aryl methyl sites for hydroxylation is 2. The van der Waals surface area contributed by atoms with Gasteiger partial charge < -0.3 is 0 Å². The Morgan fingerprint density at radius 2 is 1.91 bits per heavy atom. The van der Waals surface area contributed by atoms with Gasteiger partial charge in [0.1, 0.15) is 0 Å². The molecule has 0 saturated carbocycles.